The van der Waals surface area contributed by atoms with Crippen LogP contribution in [0.2, 0.25) is 0 Å². The number of benzene rings is 1. The predicted octanol–water partition coefficient (Wildman–Crippen LogP) is 1.31. The molecule has 1 heterocycles. The summed E-state index contributed by atoms with van der Waals surface area (Å²) < 4.78 is 15.7. The molecule has 0 saturated heterocycles. The molecule has 2 rings (SSSR count). The number of esters is 1. The Morgan fingerprint density at radius 2 is 2.32 bits per heavy atom. The van der Waals surface area contributed by atoms with Gasteiger partial charge in [0.25, 0.3) is 0 Å². The average Bonchev–Trinajstić information content (AvgIpc) is 2.58. The fourth-order valence-corrected chi connectivity index (χ4v) is 2.09. The molecule has 0 fully saturated rings. The lowest BCUT2D eigenvalue weighted by molar-refractivity contribution is -0.156. The number of aliphatic hydroxyl groups is 1. The van der Waals surface area contributed by atoms with E-state index in [1.807, 2.05) is 6.07 Å². The predicted molar refractivity (Wildman–Crippen MR) is 68.4 cm³/mol. The van der Waals surface area contributed by atoms with Gasteiger partial charge in [-0.3, -0.25) is 0 Å². The zero-order valence-corrected chi connectivity index (χ0v) is 11.1. The van der Waals surface area contributed by atoms with Gasteiger partial charge < -0.3 is 19.3 Å². The van der Waals surface area contributed by atoms with E-state index in [-0.39, 0.29) is 6.61 Å². The second kappa shape index (κ2) is 5.93. The Kier molecular flexibility index (Phi) is 4.27. The van der Waals surface area contributed by atoms with Crippen molar-refractivity contribution in [2.24, 2.45) is 0 Å². The van der Waals surface area contributed by atoms with E-state index >= 15 is 0 Å². The van der Waals surface area contributed by atoms with Crippen LogP contribution in [0.1, 0.15) is 18.9 Å². The van der Waals surface area contributed by atoms with E-state index < -0.39 is 18.2 Å². The van der Waals surface area contributed by atoms with Crippen molar-refractivity contribution < 1.29 is 24.1 Å². The Morgan fingerprint density at radius 3 is 3.00 bits per heavy atom. The molecule has 1 N–H and O–H groups in total. The number of hydrogen-bond donors (Lipinski definition) is 1. The number of aryl methyl sites for hydroxylation is 1. The third kappa shape index (κ3) is 2.98. The number of carbonyl (C=O) groups excluding carboxylic acids is 1. The Balaban J connectivity index is 2.24. The molecule has 1 aliphatic rings. The summed E-state index contributed by atoms with van der Waals surface area (Å²) in [6, 6.07) is 5.37. The molecular weight excluding hydrogens is 248 g/mol. The summed E-state index contributed by atoms with van der Waals surface area (Å²) in [6.45, 7) is 1.99. The molecule has 5 heteroatoms. The number of hydrogen-bond acceptors (Lipinski definition) is 5. The van der Waals surface area contributed by atoms with Crippen molar-refractivity contribution in [2.45, 2.75) is 32.0 Å². The molecule has 1 aromatic carbocycles. The first-order chi connectivity index (χ1) is 9.15. The van der Waals surface area contributed by atoms with Gasteiger partial charge in [0.05, 0.1) is 13.7 Å². The first-order valence-electron chi connectivity index (χ1n) is 6.34. The molecular formula is C14H18O5. The molecule has 1 aromatic rings. The van der Waals surface area contributed by atoms with Crippen molar-refractivity contribution in [1.29, 1.82) is 0 Å². The maximum Gasteiger partial charge on any atom is 0.350 e. The number of aliphatic hydroxyl groups excluding tert-OH is 1. The highest BCUT2D eigenvalue weighted by molar-refractivity contribution is 5.76. The van der Waals surface area contributed by atoms with Crippen LogP contribution in [0.15, 0.2) is 18.2 Å². The lowest BCUT2D eigenvalue weighted by atomic mass is 10.0. The molecule has 19 heavy (non-hydrogen) atoms. The Morgan fingerprint density at radius 1 is 1.53 bits per heavy atom. The summed E-state index contributed by atoms with van der Waals surface area (Å²) in [4.78, 5) is 11.8. The molecule has 0 amide bonds. The molecule has 0 spiro atoms. The van der Waals surface area contributed by atoms with E-state index in [0.717, 1.165) is 11.3 Å². The summed E-state index contributed by atoms with van der Waals surface area (Å²) in [5, 5.41) is 9.99. The molecule has 0 saturated carbocycles. The van der Waals surface area contributed by atoms with E-state index in [2.05, 4.69) is 0 Å². The van der Waals surface area contributed by atoms with Crippen molar-refractivity contribution in [3.05, 3.63) is 23.8 Å². The largest absolute Gasteiger partial charge is 0.497 e. The van der Waals surface area contributed by atoms with E-state index in [9.17, 15) is 9.90 Å². The molecule has 104 valence electrons. The van der Waals surface area contributed by atoms with E-state index in [1.54, 1.807) is 26.2 Å². The smallest absolute Gasteiger partial charge is 0.350 e. The molecule has 1 aliphatic heterocycles. The molecule has 2 atom stereocenters. The molecule has 0 aliphatic carbocycles. The topological polar surface area (TPSA) is 65.0 Å². The quantitative estimate of drug-likeness (QED) is 0.836. The van der Waals surface area contributed by atoms with Gasteiger partial charge in [0, 0.05) is 0 Å². The van der Waals surface area contributed by atoms with Gasteiger partial charge >= 0.3 is 5.97 Å². The number of ether oxygens (including phenoxy) is 3. The minimum atomic E-state index is -0.963. The highest BCUT2D eigenvalue weighted by Gasteiger charge is 2.33. The minimum absolute atomic E-state index is 0.265. The third-order valence-corrected chi connectivity index (χ3v) is 3.10. The van der Waals surface area contributed by atoms with Crippen LogP contribution in [-0.2, 0) is 16.0 Å². The van der Waals surface area contributed by atoms with Crippen molar-refractivity contribution >= 4 is 5.97 Å². The first-order valence-corrected chi connectivity index (χ1v) is 6.34. The van der Waals surface area contributed by atoms with Gasteiger partial charge in [-0.1, -0.05) is 0 Å². The van der Waals surface area contributed by atoms with E-state index in [0.29, 0.717) is 18.6 Å². The van der Waals surface area contributed by atoms with E-state index in [1.165, 1.54) is 0 Å². The number of rotatable bonds is 3. The second-order valence-electron chi connectivity index (χ2n) is 4.37. The maximum absolute atomic E-state index is 11.8. The highest BCUT2D eigenvalue weighted by atomic mass is 16.6. The van der Waals surface area contributed by atoms with E-state index in [4.69, 9.17) is 14.2 Å². The third-order valence-electron chi connectivity index (χ3n) is 3.10. The Bertz CT molecular complexity index is 457. The van der Waals surface area contributed by atoms with Crippen LogP contribution in [0.5, 0.6) is 11.5 Å². The average molecular weight is 266 g/mol. The van der Waals surface area contributed by atoms with Crippen LogP contribution in [0.3, 0.4) is 0 Å². The second-order valence-corrected chi connectivity index (χ2v) is 4.37. The first kappa shape index (κ1) is 13.7. The summed E-state index contributed by atoms with van der Waals surface area (Å²) in [5.74, 6) is 0.792. The van der Waals surface area contributed by atoms with Gasteiger partial charge in [-0.2, -0.15) is 0 Å². The van der Waals surface area contributed by atoms with Crippen LogP contribution in [0.25, 0.3) is 0 Å². The lowest BCUT2D eigenvalue weighted by Crippen LogP contribution is -2.39. The van der Waals surface area contributed by atoms with Crippen molar-refractivity contribution in [3.63, 3.8) is 0 Å². The number of carbonyl (C=O) groups is 1. The lowest BCUT2D eigenvalue weighted by Gasteiger charge is -2.19. The van der Waals surface area contributed by atoms with Crippen molar-refractivity contribution in [2.75, 3.05) is 13.7 Å². The Labute approximate surface area is 112 Å². The highest BCUT2D eigenvalue weighted by Crippen LogP contribution is 2.30. The SMILES string of the molecule is CCOC(=O)[C@@H]1Oc2ccc(OC)cc2CC[C@H]1O. The normalized spacial score (nSPS) is 21.8. The molecule has 0 aromatic heterocycles. The van der Waals surface area contributed by atoms with Gasteiger partial charge in [0.15, 0.2) is 0 Å². The van der Waals surface area contributed by atoms with Gasteiger partial charge in [0.2, 0.25) is 6.10 Å². The van der Waals surface area contributed by atoms with Crippen LogP contribution in [0, 0.1) is 0 Å². The molecule has 0 radical (unpaired) electrons. The monoisotopic (exact) mass is 266 g/mol. The zero-order chi connectivity index (χ0) is 13.8. The maximum atomic E-state index is 11.8. The van der Waals surface area contributed by atoms with Crippen molar-refractivity contribution in [3.8, 4) is 11.5 Å². The number of methoxy groups -OCH3 is 1. The fraction of sp³-hybridized carbons (Fsp3) is 0.500. The molecule has 0 bridgehead atoms. The summed E-state index contributed by atoms with van der Waals surface area (Å²) in [5.41, 5.74) is 0.921. The molecule has 0 unspecified atom stereocenters. The van der Waals surface area contributed by atoms with Gasteiger partial charge in [-0.25, -0.2) is 4.79 Å². The van der Waals surface area contributed by atoms with Crippen LogP contribution in [-0.4, -0.2) is 37.0 Å². The standard InChI is InChI=1S/C14H18O5/c1-3-18-14(16)13-11(15)6-4-9-8-10(17-2)5-7-12(9)19-13/h5,7-8,11,13,15H,3-4,6H2,1-2H3/t11-,13-/m1/s1. The van der Waals surface area contributed by atoms with Crippen LogP contribution in [0.4, 0.5) is 0 Å². The summed E-state index contributed by atoms with van der Waals surface area (Å²) in [6.07, 6.45) is -0.750. The minimum Gasteiger partial charge on any atom is -0.497 e. The van der Waals surface area contributed by atoms with Crippen molar-refractivity contribution in [1.82, 2.24) is 0 Å². The summed E-state index contributed by atoms with van der Waals surface area (Å²) in [7, 11) is 1.59. The van der Waals surface area contributed by atoms with Gasteiger partial charge in [0.1, 0.15) is 17.6 Å². The van der Waals surface area contributed by atoms with Crippen LogP contribution < -0.4 is 9.47 Å². The van der Waals surface area contributed by atoms with Gasteiger partial charge in [-0.15, -0.1) is 0 Å². The fourth-order valence-electron chi connectivity index (χ4n) is 2.09. The molecule has 5 nitrogen and oxygen atoms in total. The van der Waals surface area contributed by atoms with Gasteiger partial charge in [-0.05, 0) is 43.5 Å². The zero-order valence-electron chi connectivity index (χ0n) is 11.1. The van der Waals surface area contributed by atoms with Crippen LogP contribution >= 0.6 is 0 Å². The summed E-state index contributed by atoms with van der Waals surface area (Å²) >= 11 is 0. The Hall–Kier alpha value is -1.75. The number of fused-ring (bicyclic) bond motifs is 1.